The number of hydrogen-bond acceptors (Lipinski definition) is 6. The van der Waals surface area contributed by atoms with Crippen molar-refractivity contribution in [2.24, 2.45) is 5.10 Å². The fraction of sp³-hybridized carbons (Fsp3) is 0.250. The summed E-state index contributed by atoms with van der Waals surface area (Å²) >= 11 is 5.83. The molecule has 1 amide bonds. The quantitative estimate of drug-likeness (QED) is 0.316. The summed E-state index contributed by atoms with van der Waals surface area (Å²) in [5.74, 6) is -0.520. The number of ether oxygens (including phenoxy) is 1. The number of nitrogens with zero attached hydrogens (tertiary/aromatic N) is 2. The number of carbonyl (C=O) groups is 2. The van der Waals surface area contributed by atoms with E-state index in [2.05, 4.69) is 10.5 Å². The van der Waals surface area contributed by atoms with Crippen molar-refractivity contribution in [1.82, 2.24) is 9.73 Å². The van der Waals surface area contributed by atoms with Gasteiger partial charge in [-0.15, -0.1) is 0 Å². The smallest absolute Gasteiger partial charge is 0.308 e. The minimum Gasteiger partial charge on any atom is -0.427 e. The summed E-state index contributed by atoms with van der Waals surface area (Å²) in [5.41, 5.74) is 3.07. The fourth-order valence-electron chi connectivity index (χ4n) is 3.06. The normalized spacial score (nSPS) is 17.2. The van der Waals surface area contributed by atoms with Crippen LogP contribution in [0.3, 0.4) is 0 Å². The Balaban J connectivity index is 1.65. The molecule has 0 saturated carbocycles. The molecule has 3 rings (SSSR count). The van der Waals surface area contributed by atoms with E-state index in [1.54, 1.807) is 24.3 Å². The Bertz CT molecular complexity index is 1050. The van der Waals surface area contributed by atoms with Crippen molar-refractivity contribution in [3.63, 3.8) is 0 Å². The highest BCUT2D eigenvalue weighted by Crippen LogP contribution is 2.27. The van der Waals surface area contributed by atoms with Crippen molar-refractivity contribution in [2.45, 2.75) is 30.7 Å². The van der Waals surface area contributed by atoms with Crippen LogP contribution in [-0.2, 0) is 19.6 Å². The highest BCUT2D eigenvalue weighted by Gasteiger charge is 2.39. The molecule has 1 atom stereocenters. The Morgan fingerprint density at radius 3 is 2.47 bits per heavy atom. The van der Waals surface area contributed by atoms with Crippen LogP contribution in [0.5, 0.6) is 5.75 Å². The van der Waals surface area contributed by atoms with E-state index in [1.807, 2.05) is 0 Å². The highest BCUT2D eigenvalue weighted by molar-refractivity contribution is 7.89. The van der Waals surface area contributed by atoms with Crippen molar-refractivity contribution >= 4 is 39.7 Å². The molecule has 2 aromatic rings. The molecule has 0 aromatic heterocycles. The van der Waals surface area contributed by atoms with E-state index < -0.39 is 27.9 Å². The minimum absolute atomic E-state index is 0.0861. The number of benzene rings is 2. The molecule has 0 bridgehead atoms. The Morgan fingerprint density at radius 1 is 1.17 bits per heavy atom. The summed E-state index contributed by atoms with van der Waals surface area (Å²) in [5, 5.41) is 4.34. The summed E-state index contributed by atoms with van der Waals surface area (Å²) in [6.45, 7) is 1.56. The molecular weight excluding hydrogens is 430 g/mol. The fourth-order valence-corrected chi connectivity index (χ4v) is 4.85. The first-order valence-electron chi connectivity index (χ1n) is 9.16. The number of hydrazone groups is 1. The van der Waals surface area contributed by atoms with E-state index in [1.165, 1.54) is 41.7 Å². The van der Waals surface area contributed by atoms with Gasteiger partial charge in [-0.1, -0.05) is 11.6 Å². The molecule has 1 aliphatic rings. The second kappa shape index (κ2) is 9.38. The second-order valence-corrected chi connectivity index (χ2v) is 8.95. The summed E-state index contributed by atoms with van der Waals surface area (Å²) in [6.07, 6.45) is 2.40. The molecule has 1 heterocycles. The van der Waals surface area contributed by atoms with E-state index in [0.717, 1.165) is 0 Å². The van der Waals surface area contributed by atoms with Gasteiger partial charge in [0.05, 0.1) is 11.1 Å². The van der Waals surface area contributed by atoms with Gasteiger partial charge >= 0.3 is 5.97 Å². The molecule has 2 aromatic carbocycles. The van der Waals surface area contributed by atoms with Gasteiger partial charge in [0.25, 0.3) is 5.91 Å². The van der Waals surface area contributed by atoms with Gasteiger partial charge in [0.1, 0.15) is 11.8 Å². The number of amides is 1. The Hall–Kier alpha value is -2.75. The van der Waals surface area contributed by atoms with Crippen LogP contribution in [0.4, 0.5) is 0 Å². The first-order valence-corrected chi connectivity index (χ1v) is 11.0. The van der Waals surface area contributed by atoms with E-state index in [9.17, 15) is 18.0 Å². The Kier molecular flexibility index (Phi) is 6.86. The Morgan fingerprint density at radius 2 is 1.83 bits per heavy atom. The number of rotatable bonds is 6. The lowest BCUT2D eigenvalue weighted by atomic mass is 10.2. The number of hydrogen-bond donors (Lipinski definition) is 1. The van der Waals surface area contributed by atoms with Gasteiger partial charge in [-0.3, -0.25) is 9.59 Å². The molecule has 1 aliphatic heterocycles. The van der Waals surface area contributed by atoms with E-state index in [0.29, 0.717) is 29.2 Å². The molecule has 0 spiro atoms. The number of sulfonamides is 1. The molecule has 0 aliphatic carbocycles. The van der Waals surface area contributed by atoms with Gasteiger partial charge < -0.3 is 4.74 Å². The van der Waals surface area contributed by atoms with E-state index in [-0.39, 0.29) is 11.4 Å². The van der Waals surface area contributed by atoms with Crippen molar-refractivity contribution in [3.05, 3.63) is 59.1 Å². The van der Waals surface area contributed by atoms with Gasteiger partial charge in [-0.25, -0.2) is 13.8 Å². The van der Waals surface area contributed by atoms with Crippen LogP contribution >= 0.6 is 11.6 Å². The van der Waals surface area contributed by atoms with Crippen LogP contribution in [0.1, 0.15) is 25.3 Å². The first-order chi connectivity index (χ1) is 14.3. The van der Waals surface area contributed by atoms with Gasteiger partial charge in [0.15, 0.2) is 0 Å². The van der Waals surface area contributed by atoms with E-state index in [4.69, 9.17) is 16.3 Å². The van der Waals surface area contributed by atoms with Crippen molar-refractivity contribution in [3.8, 4) is 5.75 Å². The molecule has 10 heteroatoms. The number of carbonyl (C=O) groups excluding carboxylic acids is 2. The maximum absolute atomic E-state index is 12.9. The molecule has 1 fully saturated rings. The van der Waals surface area contributed by atoms with E-state index >= 15 is 0 Å². The lowest BCUT2D eigenvalue weighted by molar-refractivity contribution is -0.131. The topological polar surface area (TPSA) is 105 Å². The van der Waals surface area contributed by atoms with Crippen LogP contribution < -0.4 is 10.2 Å². The zero-order valence-electron chi connectivity index (χ0n) is 16.1. The lowest BCUT2D eigenvalue weighted by Gasteiger charge is -2.22. The monoisotopic (exact) mass is 449 g/mol. The average Bonchev–Trinajstić information content (AvgIpc) is 3.20. The third kappa shape index (κ3) is 5.24. The summed E-state index contributed by atoms with van der Waals surface area (Å²) in [4.78, 5) is 23.6. The van der Waals surface area contributed by atoms with Gasteiger partial charge in [-0.2, -0.15) is 9.41 Å². The van der Waals surface area contributed by atoms with Crippen LogP contribution in [0, 0.1) is 0 Å². The number of nitrogens with one attached hydrogen (secondary N) is 1. The summed E-state index contributed by atoms with van der Waals surface area (Å²) < 4.78 is 31.9. The number of esters is 1. The first kappa shape index (κ1) is 21.9. The molecule has 1 saturated heterocycles. The molecule has 158 valence electrons. The standard InChI is InChI=1S/C20H20ClN3O5S/c1-14(25)29-17-8-4-15(5-9-17)13-22-23-20(26)19-3-2-12-24(19)30(27,28)18-10-6-16(21)7-11-18/h4-11,13,19H,2-3,12H2,1H3,(H,23,26)/t19-/m1/s1. The van der Waals surface area contributed by atoms with Crippen LogP contribution in [-0.4, -0.2) is 43.4 Å². The van der Waals surface area contributed by atoms with Gasteiger partial charge in [0.2, 0.25) is 10.0 Å². The zero-order valence-corrected chi connectivity index (χ0v) is 17.7. The summed E-state index contributed by atoms with van der Waals surface area (Å²) in [6, 6.07) is 11.5. The van der Waals surface area contributed by atoms with Crippen molar-refractivity contribution in [1.29, 1.82) is 0 Å². The molecular formula is C20H20ClN3O5S. The third-order valence-corrected chi connectivity index (χ3v) is 6.63. The Labute approximate surface area is 179 Å². The van der Waals surface area contributed by atoms with Crippen LogP contribution in [0.25, 0.3) is 0 Å². The van der Waals surface area contributed by atoms with Gasteiger partial charge in [0, 0.05) is 18.5 Å². The van der Waals surface area contributed by atoms with Crippen LogP contribution in [0.2, 0.25) is 5.02 Å². The molecule has 8 nitrogen and oxygen atoms in total. The predicted octanol–water partition coefficient (Wildman–Crippen LogP) is 2.57. The predicted molar refractivity (Wildman–Crippen MR) is 112 cm³/mol. The van der Waals surface area contributed by atoms with Crippen molar-refractivity contribution in [2.75, 3.05) is 6.54 Å². The maximum Gasteiger partial charge on any atom is 0.308 e. The summed E-state index contributed by atoms with van der Waals surface area (Å²) in [7, 11) is -3.82. The minimum atomic E-state index is -3.82. The highest BCUT2D eigenvalue weighted by atomic mass is 35.5. The molecule has 30 heavy (non-hydrogen) atoms. The van der Waals surface area contributed by atoms with Gasteiger partial charge in [-0.05, 0) is 66.9 Å². The molecule has 0 radical (unpaired) electrons. The molecule has 1 N–H and O–H groups in total. The third-order valence-electron chi connectivity index (χ3n) is 4.46. The SMILES string of the molecule is CC(=O)Oc1ccc(C=NNC(=O)[C@H]2CCCN2S(=O)(=O)c2ccc(Cl)cc2)cc1. The second-order valence-electron chi connectivity index (χ2n) is 6.62. The average molecular weight is 450 g/mol. The number of halogens is 1. The maximum atomic E-state index is 12.9. The molecule has 0 unspecified atom stereocenters. The largest absolute Gasteiger partial charge is 0.427 e. The van der Waals surface area contributed by atoms with Crippen LogP contribution in [0.15, 0.2) is 58.5 Å². The lowest BCUT2D eigenvalue weighted by Crippen LogP contribution is -2.44. The zero-order chi connectivity index (χ0) is 21.7. The van der Waals surface area contributed by atoms with Crippen molar-refractivity contribution < 1.29 is 22.7 Å².